The predicted octanol–water partition coefficient (Wildman–Crippen LogP) is 4.84. The first-order valence-corrected chi connectivity index (χ1v) is 9.17. The summed E-state index contributed by atoms with van der Waals surface area (Å²) in [5.41, 5.74) is 0.476. The number of halogens is 2. The van der Waals surface area contributed by atoms with E-state index in [1.165, 1.54) is 12.3 Å². The highest BCUT2D eigenvalue weighted by molar-refractivity contribution is 7.79. The third kappa shape index (κ3) is 5.59. The largest absolute Gasteiger partial charge is 0.448 e. The highest BCUT2D eigenvalue weighted by Crippen LogP contribution is 2.32. The summed E-state index contributed by atoms with van der Waals surface area (Å²) in [5, 5.41) is -0.290. The maximum atomic E-state index is 13.9. The van der Waals surface area contributed by atoms with Crippen molar-refractivity contribution in [2.75, 3.05) is 6.61 Å². The zero-order valence-corrected chi connectivity index (χ0v) is 16.4. The summed E-state index contributed by atoms with van der Waals surface area (Å²) < 4.78 is 36.6. The normalized spacial score (nSPS) is 19.5. The third-order valence-electron chi connectivity index (χ3n) is 3.92. The summed E-state index contributed by atoms with van der Waals surface area (Å²) in [6, 6.07) is 10.3. The van der Waals surface area contributed by atoms with Crippen molar-refractivity contribution >= 4 is 29.1 Å². The summed E-state index contributed by atoms with van der Waals surface area (Å²) >= 11 is 10.9. The first-order chi connectivity index (χ1) is 12.8. The van der Waals surface area contributed by atoms with Crippen molar-refractivity contribution in [3.8, 4) is 5.75 Å². The van der Waals surface area contributed by atoms with Crippen molar-refractivity contribution in [2.24, 2.45) is 0 Å². The molecule has 0 N–H and O–H groups in total. The minimum absolute atomic E-state index is 0.0836. The predicted molar refractivity (Wildman–Crippen MR) is 102 cm³/mol. The molecule has 0 radical (unpaired) electrons. The van der Waals surface area contributed by atoms with E-state index in [1.54, 1.807) is 12.1 Å². The molecule has 8 heteroatoms. The van der Waals surface area contributed by atoms with E-state index in [-0.39, 0.29) is 16.5 Å². The summed E-state index contributed by atoms with van der Waals surface area (Å²) in [7, 11) is 0. The van der Waals surface area contributed by atoms with Gasteiger partial charge >= 0.3 is 5.24 Å². The van der Waals surface area contributed by atoms with Crippen LogP contribution in [0.25, 0.3) is 0 Å². The van der Waals surface area contributed by atoms with Crippen LogP contribution < -0.4 is 4.74 Å². The molecule has 1 aliphatic heterocycles. The van der Waals surface area contributed by atoms with Crippen molar-refractivity contribution < 1.29 is 23.3 Å². The molecule has 1 unspecified atom stereocenters. The van der Waals surface area contributed by atoms with Crippen LogP contribution in [0.4, 0.5) is 4.39 Å². The number of hydrogen-bond donors (Lipinski definition) is 0. The molecule has 0 bridgehead atoms. The van der Waals surface area contributed by atoms with Gasteiger partial charge in [0.05, 0.1) is 12.7 Å². The summed E-state index contributed by atoms with van der Waals surface area (Å²) in [5.74, 6) is -0.774. The molecule has 1 aromatic heterocycles. The Morgan fingerprint density at radius 2 is 2.15 bits per heavy atom. The lowest BCUT2D eigenvalue weighted by Gasteiger charge is -2.23. The van der Waals surface area contributed by atoms with Crippen molar-refractivity contribution in [3.63, 3.8) is 0 Å². The van der Waals surface area contributed by atoms with Crippen LogP contribution in [0.3, 0.4) is 0 Å². The number of pyridine rings is 1. The lowest BCUT2D eigenvalue weighted by Crippen LogP contribution is -2.24. The fourth-order valence-electron chi connectivity index (χ4n) is 2.71. The minimum Gasteiger partial charge on any atom is -0.448 e. The first-order valence-electron chi connectivity index (χ1n) is 8.38. The summed E-state index contributed by atoms with van der Waals surface area (Å²) in [6.45, 7) is 4.05. The van der Waals surface area contributed by atoms with E-state index in [4.69, 9.17) is 42.8 Å². The Morgan fingerprint density at radius 1 is 1.41 bits per heavy atom. The van der Waals surface area contributed by atoms with Crippen LogP contribution in [0.5, 0.6) is 5.75 Å². The second-order valence-corrected chi connectivity index (χ2v) is 7.19. The minimum atomic E-state index is -0.681. The van der Waals surface area contributed by atoms with Crippen molar-refractivity contribution in [1.29, 1.82) is 0 Å². The Balaban J connectivity index is 1.74. The fraction of sp³-hybridized carbons (Fsp3) is 0.368. The first kappa shape index (κ1) is 19.9. The van der Waals surface area contributed by atoms with Gasteiger partial charge in [0, 0.05) is 30.4 Å². The Kier molecular flexibility index (Phi) is 6.26. The van der Waals surface area contributed by atoms with Crippen molar-refractivity contribution in [3.05, 3.63) is 59.1 Å². The average Bonchev–Trinajstić information content (AvgIpc) is 2.96. The van der Waals surface area contributed by atoms with Gasteiger partial charge in [-0.1, -0.05) is 29.8 Å². The van der Waals surface area contributed by atoms with Gasteiger partial charge < -0.3 is 18.9 Å². The van der Waals surface area contributed by atoms with Crippen LogP contribution in [0, 0.1) is 5.82 Å². The van der Waals surface area contributed by atoms with E-state index in [1.807, 2.05) is 32.0 Å². The zero-order chi connectivity index (χ0) is 19.4. The lowest BCUT2D eigenvalue weighted by molar-refractivity contribution is -0.141. The van der Waals surface area contributed by atoms with Crippen molar-refractivity contribution in [2.45, 2.75) is 38.3 Å². The molecule has 1 fully saturated rings. The lowest BCUT2D eigenvalue weighted by atomic mass is 10.1. The molecular formula is C19H19ClFNO4S. The number of ether oxygens (including phenoxy) is 4. The SMILES string of the molecule is CC1(C)OC[C@H](CC(OC(=S)Oc2ccccc2)c2cnc(Cl)c(F)c2)O1. The van der Waals surface area contributed by atoms with Crippen LogP contribution in [-0.2, 0) is 14.2 Å². The molecule has 144 valence electrons. The molecule has 2 heterocycles. The number of thiocarbonyl (C=S) groups is 1. The highest BCUT2D eigenvalue weighted by Gasteiger charge is 2.35. The number of benzene rings is 1. The van der Waals surface area contributed by atoms with Crippen LogP contribution in [0.15, 0.2) is 42.6 Å². The molecule has 1 saturated heterocycles. The molecule has 0 amide bonds. The second kappa shape index (κ2) is 8.48. The van der Waals surface area contributed by atoms with Gasteiger partial charge in [-0.3, -0.25) is 0 Å². The van der Waals surface area contributed by atoms with Gasteiger partial charge in [0.2, 0.25) is 0 Å². The van der Waals surface area contributed by atoms with Crippen LogP contribution in [0.1, 0.15) is 31.9 Å². The van der Waals surface area contributed by atoms with E-state index in [0.717, 1.165) is 0 Å². The fourth-order valence-corrected chi connectivity index (χ4v) is 3.02. The number of nitrogens with zero attached hydrogens (tertiary/aromatic N) is 1. The van der Waals surface area contributed by atoms with E-state index in [2.05, 4.69) is 4.98 Å². The number of aromatic nitrogens is 1. The van der Waals surface area contributed by atoms with Gasteiger partial charge in [-0.25, -0.2) is 9.37 Å². The Labute approximate surface area is 167 Å². The zero-order valence-electron chi connectivity index (χ0n) is 14.9. The van der Waals surface area contributed by atoms with E-state index in [9.17, 15) is 4.39 Å². The van der Waals surface area contributed by atoms with Gasteiger partial charge in [-0.05, 0) is 32.0 Å². The quantitative estimate of drug-likeness (QED) is 0.518. The smallest absolute Gasteiger partial charge is 0.358 e. The Hall–Kier alpha value is -1.80. The maximum absolute atomic E-state index is 13.9. The number of para-hydroxylation sites is 1. The molecule has 1 aromatic carbocycles. The number of rotatable bonds is 5. The molecule has 0 spiro atoms. The molecule has 3 rings (SSSR count). The topological polar surface area (TPSA) is 49.8 Å². The molecular weight excluding hydrogens is 393 g/mol. The van der Waals surface area contributed by atoms with Gasteiger partial charge in [0.25, 0.3) is 0 Å². The number of hydrogen-bond acceptors (Lipinski definition) is 6. The summed E-state index contributed by atoms with van der Waals surface area (Å²) in [4.78, 5) is 3.85. The van der Waals surface area contributed by atoms with E-state index < -0.39 is 17.7 Å². The summed E-state index contributed by atoms with van der Waals surface area (Å²) in [6.07, 6.45) is 0.943. The van der Waals surface area contributed by atoms with Crippen molar-refractivity contribution in [1.82, 2.24) is 4.98 Å². The van der Waals surface area contributed by atoms with Crippen LogP contribution in [0.2, 0.25) is 5.15 Å². The van der Waals surface area contributed by atoms with Gasteiger partial charge in [-0.2, -0.15) is 0 Å². The Bertz CT molecular complexity index is 806. The molecule has 27 heavy (non-hydrogen) atoms. The Morgan fingerprint density at radius 3 is 2.78 bits per heavy atom. The molecule has 1 aliphatic rings. The van der Waals surface area contributed by atoms with E-state index >= 15 is 0 Å². The molecule has 5 nitrogen and oxygen atoms in total. The third-order valence-corrected chi connectivity index (χ3v) is 4.37. The molecule has 0 saturated carbocycles. The van der Waals surface area contributed by atoms with Gasteiger partial charge in [-0.15, -0.1) is 0 Å². The average molecular weight is 412 g/mol. The standard InChI is InChI=1S/C19H19ClFNO4S/c1-19(2)23-11-14(26-19)9-16(12-8-15(21)17(20)22-10-12)25-18(27)24-13-6-4-3-5-7-13/h3-8,10,14,16H,9,11H2,1-2H3/t14-,16?/m0/s1. The highest BCUT2D eigenvalue weighted by atomic mass is 35.5. The molecule has 2 atom stereocenters. The second-order valence-electron chi connectivity index (χ2n) is 6.50. The molecule has 2 aromatic rings. The van der Waals surface area contributed by atoms with Gasteiger partial charge in [0.15, 0.2) is 16.8 Å². The monoisotopic (exact) mass is 411 g/mol. The van der Waals surface area contributed by atoms with Crippen LogP contribution in [-0.4, -0.2) is 28.7 Å². The molecule has 0 aliphatic carbocycles. The van der Waals surface area contributed by atoms with Gasteiger partial charge in [0.1, 0.15) is 11.9 Å². The van der Waals surface area contributed by atoms with Crippen LogP contribution >= 0.6 is 23.8 Å². The van der Waals surface area contributed by atoms with E-state index in [0.29, 0.717) is 24.3 Å². The maximum Gasteiger partial charge on any atom is 0.358 e.